The normalized spacial score (nSPS) is 37.5. The summed E-state index contributed by atoms with van der Waals surface area (Å²) in [6.45, 7) is 4.03. The zero-order valence-corrected chi connectivity index (χ0v) is 7.02. The molecule has 0 aromatic carbocycles. The second kappa shape index (κ2) is 2.31. The van der Waals surface area contributed by atoms with Gasteiger partial charge in [0.2, 0.25) is 0 Å². The van der Waals surface area contributed by atoms with E-state index in [4.69, 9.17) is 0 Å². The molecule has 2 rings (SSSR count). The number of hydrogen-bond donors (Lipinski definition) is 1. The molecule has 1 N–H and O–H groups in total. The van der Waals surface area contributed by atoms with Crippen molar-refractivity contribution in [1.29, 1.82) is 0 Å². The molecule has 0 unspecified atom stereocenters. The summed E-state index contributed by atoms with van der Waals surface area (Å²) in [5, 5.41) is 3.26. The fourth-order valence-electron chi connectivity index (χ4n) is 1.87. The number of ketones is 1. The van der Waals surface area contributed by atoms with Gasteiger partial charge < -0.3 is 5.32 Å². The molecule has 0 amide bonds. The van der Waals surface area contributed by atoms with Gasteiger partial charge in [-0.05, 0) is 25.8 Å². The summed E-state index contributed by atoms with van der Waals surface area (Å²) in [6.07, 6.45) is 3.34. The number of nitrogens with one attached hydrogen (secondary N) is 1. The summed E-state index contributed by atoms with van der Waals surface area (Å²) in [5.41, 5.74) is -0.0127. The maximum Gasteiger partial charge on any atom is 0.143 e. The van der Waals surface area contributed by atoms with Gasteiger partial charge in [0.15, 0.2) is 0 Å². The highest BCUT2D eigenvalue weighted by Crippen LogP contribution is 2.39. The molecule has 0 bridgehead atoms. The molecule has 62 valence electrons. The summed E-state index contributed by atoms with van der Waals surface area (Å²) in [5.74, 6) is 0.947. The Morgan fingerprint density at radius 1 is 1.55 bits per heavy atom. The molecule has 2 nitrogen and oxygen atoms in total. The van der Waals surface area contributed by atoms with E-state index in [1.165, 1.54) is 0 Å². The predicted molar refractivity (Wildman–Crippen MR) is 43.3 cm³/mol. The second-order valence-corrected chi connectivity index (χ2v) is 4.13. The van der Waals surface area contributed by atoms with Crippen LogP contribution in [0.1, 0.15) is 26.2 Å². The van der Waals surface area contributed by atoms with Gasteiger partial charge in [0.25, 0.3) is 0 Å². The molecular formula is C9H15NO. The number of carbonyl (C=O) groups is 1. The lowest BCUT2D eigenvalue weighted by atomic mass is 9.83. The first kappa shape index (κ1) is 7.29. The molecule has 0 aromatic rings. The molecule has 1 heterocycles. The summed E-state index contributed by atoms with van der Waals surface area (Å²) in [7, 11) is 0. The van der Waals surface area contributed by atoms with Gasteiger partial charge in [-0.15, -0.1) is 0 Å². The molecule has 2 aliphatic rings. The Bertz CT molecular complexity index is 178. The predicted octanol–water partition coefficient (Wildman–Crippen LogP) is 0.965. The van der Waals surface area contributed by atoms with Crippen LogP contribution >= 0.6 is 0 Å². The van der Waals surface area contributed by atoms with Gasteiger partial charge in [-0.25, -0.2) is 0 Å². The van der Waals surface area contributed by atoms with Crippen molar-refractivity contribution in [2.45, 2.75) is 26.2 Å². The minimum absolute atomic E-state index is 0.0127. The average molecular weight is 153 g/mol. The number of hydrogen-bond acceptors (Lipinski definition) is 2. The van der Waals surface area contributed by atoms with Crippen LogP contribution in [0.4, 0.5) is 0 Å². The fourth-order valence-corrected chi connectivity index (χ4v) is 1.87. The van der Waals surface area contributed by atoms with E-state index < -0.39 is 0 Å². The van der Waals surface area contributed by atoms with E-state index in [1.54, 1.807) is 0 Å². The first-order valence-electron chi connectivity index (χ1n) is 4.47. The average Bonchev–Trinajstić information content (AvgIpc) is 2.74. The smallest absolute Gasteiger partial charge is 0.143 e. The van der Waals surface area contributed by atoms with Crippen LogP contribution in [0.3, 0.4) is 0 Å². The Hall–Kier alpha value is -0.370. The highest BCUT2D eigenvalue weighted by Gasteiger charge is 2.43. The van der Waals surface area contributed by atoms with Crippen LogP contribution < -0.4 is 5.32 Å². The van der Waals surface area contributed by atoms with Crippen LogP contribution in [0.25, 0.3) is 0 Å². The first-order chi connectivity index (χ1) is 5.22. The standard InChI is InChI=1S/C9H15NO/c1-9(4-5-10-6-9)8(11)7-2-3-7/h7,10H,2-6H2,1H3/t9-/m0/s1. The SMILES string of the molecule is C[C@]1(C(=O)C2CC2)CCNC1. The number of Topliss-reactive ketones (excluding diaryl/α,β-unsaturated/α-hetero) is 1. The third-order valence-corrected chi connectivity index (χ3v) is 2.91. The molecule has 1 aliphatic carbocycles. The van der Waals surface area contributed by atoms with Crippen LogP contribution in [0, 0.1) is 11.3 Å². The highest BCUT2D eigenvalue weighted by atomic mass is 16.1. The summed E-state index contributed by atoms with van der Waals surface area (Å²) < 4.78 is 0. The maximum absolute atomic E-state index is 11.7. The van der Waals surface area contributed by atoms with Gasteiger partial charge in [-0.1, -0.05) is 6.92 Å². The van der Waals surface area contributed by atoms with Crippen molar-refractivity contribution < 1.29 is 4.79 Å². The fraction of sp³-hybridized carbons (Fsp3) is 0.889. The molecule has 0 radical (unpaired) electrons. The Kier molecular flexibility index (Phi) is 1.53. The molecule has 11 heavy (non-hydrogen) atoms. The molecule has 1 saturated heterocycles. The topological polar surface area (TPSA) is 29.1 Å². The van der Waals surface area contributed by atoms with Gasteiger partial charge in [-0.2, -0.15) is 0 Å². The molecule has 1 atom stereocenters. The van der Waals surface area contributed by atoms with Crippen molar-refractivity contribution in [3.8, 4) is 0 Å². The van der Waals surface area contributed by atoms with Gasteiger partial charge in [0, 0.05) is 17.9 Å². The van der Waals surface area contributed by atoms with Crippen LogP contribution in [-0.4, -0.2) is 18.9 Å². The van der Waals surface area contributed by atoms with E-state index >= 15 is 0 Å². The lowest BCUT2D eigenvalue weighted by Crippen LogP contribution is -2.31. The lowest BCUT2D eigenvalue weighted by molar-refractivity contribution is -0.128. The molecule has 0 aromatic heterocycles. The lowest BCUT2D eigenvalue weighted by Gasteiger charge is -2.20. The van der Waals surface area contributed by atoms with E-state index in [0.717, 1.165) is 32.4 Å². The van der Waals surface area contributed by atoms with Crippen LogP contribution in [0.15, 0.2) is 0 Å². The van der Waals surface area contributed by atoms with Crippen LogP contribution in [0.2, 0.25) is 0 Å². The minimum Gasteiger partial charge on any atom is -0.316 e. The largest absolute Gasteiger partial charge is 0.316 e. The molecule has 1 saturated carbocycles. The van der Waals surface area contributed by atoms with E-state index in [1.807, 2.05) is 0 Å². The second-order valence-electron chi connectivity index (χ2n) is 4.13. The molecule has 0 spiro atoms. The Balaban J connectivity index is 2.05. The van der Waals surface area contributed by atoms with E-state index in [9.17, 15) is 4.79 Å². The van der Waals surface area contributed by atoms with Gasteiger partial charge in [0.05, 0.1) is 0 Å². The van der Waals surface area contributed by atoms with Crippen molar-refractivity contribution >= 4 is 5.78 Å². The molecular weight excluding hydrogens is 138 g/mol. The van der Waals surface area contributed by atoms with E-state index in [-0.39, 0.29) is 5.41 Å². The van der Waals surface area contributed by atoms with Crippen molar-refractivity contribution in [2.24, 2.45) is 11.3 Å². The highest BCUT2D eigenvalue weighted by molar-refractivity contribution is 5.89. The van der Waals surface area contributed by atoms with Gasteiger partial charge >= 0.3 is 0 Å². The maximum atomic E-state index is 11.7. The van der Waals surface area contributed by atoms with Gasteiger partial charge in [-0.3, -0.25) is 4.79 Å². The summed E-state index contributed by atoms with van der Waals surface area (Å²) >= 11 is 0. The zero-order valence-electron chi connectivity index (χ0n) is 7.02. The van der Waals surface area contributed by atoms with Crippen LogP contribution in [-0.2, 0) is 4.79 Å². The minimum atomic E-state index is -0.0127. The van der Waals surface area contributed by atoms with Crippen LogP contribution in [0.5, 0.6) is 0 Å². The number of rotatable bonds is 2. The van der Waals surface area contributed by atoms with Crippen molar-refractivity contribution in [3.05, 3.63) is 0 Å². The zero-order chi connectivity index (χ0) is 7.90. The monoisotopic (exact) mass is 153 g/mol. The molecule has 1 aliphatic heterocycles. The Morgan fingerprint density at radius 2 is 2.27 bits per heavy atom. The third kappa shape index (κ3) is 1.20. The number of carbonyl (C=O) groups excluding carboxylic acids is 1. The molecule has 2 fully saturated rings. The summed E-state index contributed by atoms with van der Waals surface area (Å²) in [4.78, 5) is 11.7. The molecule has 2 heteroatoms. The summed E-state index contributed by atoms with van der Waals surface area (Å²) in [6, 6.07) is 0. The Labute approximate surface area is 67.4 Å². The van der Waals surface area contributed by atoms with Crippen molar-refractivity contribution in [1.82, 2.24) is 5.32 Å². The van der Waals surface area contributed by atoms with Gasteiger partial charge in [0.1, 0.15) is 5.78 Å². The Morgan fingerprint density at radius 3 is 2.73 bits per heavy atom. The van der Waals surface area contributed by atoms with Crippen molar-refractivity contribution in [2.75, 3.05) is 13.1 Å². The first-order valence-corrected chi connectivity index (χ1v) is 4.47. The van der Waals surface area contributed by atoms with E-state index in [0.29, 0.717) is 11.7 Å². The third-order valence-electron chi connectivity index (χ3n) is 2.91. The van der Waals surface area contributed by atoms with Crippen molar-refractivity contribution in [3.63, 3.8) is 0 Å². The van der Waals surface area contributed by atoms with E-state index in [2.05, 4.69) is 12.2 Å². The quantitative estimate of drug-likeness (QED) is 0.640.